The smallest absolute Gasteiger partial charge is 0.237 e. The predicted octanol–water partition coefficient (Wildman–Crippen LogP) is 0.403. The van der Waals surface area contributed by atoms with Crippen LogP contribution < -0.4 is 11.1 Å². The number of amides is 1. The molecule has 0 bridgehead atoms. The molecule has 2 saturated heterocycles. The molecule has 3 N–H and O–H groups in total. The van der Waals surface area contributed by atoms with Crippen LogP contribution in [-0.2, 0) is 9.53 Å². The van der Waals surface area contributed by atoms with Crippen LogP contribution >= 0.6 is 0 Å². The Hall–Kier alpha value is -1.34. The molecule has 0 aromatic heterocycles. The van der Waals surface area contributed by atoms with Gasteiger partial charge in [-0.05, 0) is 40.0 Å². The Morgan fingerprint density at radius 2 is 2.00 bits per heavy atom. The second-order valence-corrected chi connectivity index (χ2v) is 7.08. The molecule has 0 aromatic rings. The van der Waals surface area contributed by atoms with E-state index in [2.05, 4.69) is 22.0 Å². The number of guanidine groups is 1. The largest absolute Gasteiger partial charge is 0.376 e. The standard InChI is InChI=1S/C17H33N5O2/c1-4-19-16(20-13-14-7-5-6-12-24-14)21-8-10-22(11-9-21)17(2,3)15(18)23/h14H,4-13H2,1-3H3,(H2,18,23)(H,19,20). The van der Waals surface area contributed by atoms with Crippen LogP contribution in [0.25, 0.3) is 0 Å². The van der Waals surface area contributed by atoms with E-state index >= 15 is 0 Å². The molecule has 7 nitrogen and oxygen atoms in total. The molecule has 2 aliphatic heterocycles. The number of primary amides is 1. The number of hydrogen-bond donors (Lipinski definition) is 2. The summed E-state index contributed by atoms with van der Waals surface area (Å²) in [7, 11) is 0. The highest BCUT2D eigenvalue weighted by Gasteiger charge is 2.35. The van der Waals surface area contributed by atoms with Crippen molar-refractivity contribution in [2.45, 2.75) is 51.7 Å². The van der Waals surface area contributed by atoms with Crippen molar-refractivity contribution in [1.82, 2.24) is 15.1 Å². The molecule has 0 spiro atoms. The van der Waals surface area contributed by atoms with Crippen LogP contribution in [-0.4, -0.2) is 79.2 Å². The minimum absolute atomic E-state index is 0.252. The molecule has 2 fully saturated rings. The third-order valence-corrected chi connectivity index (χ3v) is 5.03. The maximum atomic E-state index is 11.6. The van der Waals surface area contributed by atoms with E-state index in [-0.39, 0.29) is 12.0 Å². The molecule has 0 aliphatic carbocycles. The van der Waals surface area contributed by atoms with Crippen LogP contribution in [0.2, 0.25) is 0 Å². The summed E-state index contributed by atoms with van der Waals surface area (Å²) in [4.78, 5) is 20.8. The molecule has 2 heterocycles. The van der Waals surface area contributed by atoms with E-state index in [1.165, 1.54) is 6.42 Å². The van der Waals surface area contributed by atoms with Crippen molar-refractivity contribution in [2.24, 2.45) is 10.7 Å². The van der Waals surface area contributed by atoms with Crippen molar-refractivity contribution in [2.75, 3.05) is 45.9 Å². The topological polar surface area (TPSA) is 83.2 Å². The summed E-state index contributed by atoms with van der Waals surface area (Å²) in [6, 6.07) is 0. The van der Waals surface area contributed by atoms with Crippen molar-refractivity contribution < 1.29 is 9.53 Å². The number of ether oxygens (including phenoxy) is 1. The average Bonchev–Trinajstić information content (AvgIpc) is 2.59. The SMILES string of the molecule is CCNC(=NCC1CCCCO1)N1CCN(C(C)(C)C(N)=O)CC1. The normalized spacial score (nSPS) is 24.0. The van der Waals surface area contributed by atoms with E-state index in [0.717, 1.165) is 64.7 Å². The van der Waals surface area contributed by atoms with Crippen molar-refractivity contribution in [3.05, 3.63) is 0 Å². The molecule has 138 valence electrons. The van der Waals surface area contributed by atoms with Gasteiger partial charge in [0.05, 0.1) is 18.2 Å². The summed E-state index contributed by atoms with van der Waals surface area (Å²) in [5, 5.41) is 3.38. The molecular weight excluding hydrogens is 306 g/mol. The van der Waals surface area contributed by atoms with Gasteiger partial charge >= 0.3 is 0 Å². The highest BCUT2D eigenvalue weighted by molar-refractivity contribution is 5.84. The Kier molecular flexibility index (Phi) is 6.86. The fraction of sp³-hybridized carbons (Fsp3) is 0.882. The lowest BCUT2D eigenvalue weighted by Crippen LogP contribution is -2.61. The van der Waals surface area contributed by atoms with Gasteiger partial charge in [-0.2, -0.15) is 0 Å². The Bertz CT molecular complexity index is 438. The van der Waals surface area contributed by atoms with Gasteiger partial charge in [-0.3, -0.25) is 14.7 Å². The summed E-state index contributed by atoms with van der Waals surface area (Å²) in [6.45, 7) is 11.6. The van der Waals surface area contributed by atoms with Crippen molar-refractivity contribution in [3.63, 3.8) is 0 Å². The predicted molar refractivity (Wildman–Crippen MR) is 96.0 cm³/mol. The molecule has 1 atom stereocenters. The molecule has 1 unspecified atom stereocenters. The van der Waals surface area contributed by atoms with Crippen LogP contribution in [0.3, 0.4) is 0 Å². The molecule has 7 heteroatoms. The highest BCUT2D eigenvalue weighted by Crippen LogP contribution is 2.17. The molecule has 0 saturated carbocycles. The summed E-state index contributed by atoms with van der Waals surface area (Å²) < 4.78 is 5.77. The van der Waals surface area contributed by atoms with Crippen LogP contribution in [0.1, 0.15) is 40.0 Å². The van der Waals surface area contributed by atoms with Gasteiger partial charge in [0.2, 0.25) is 5.91 Å². The van der Waals surface area contributed by atoms with Gasteiger partial charge in [-0.1, -0.05) is 0 Å². The van der Waals surface area contributed by atoms with Gasteiger partial charge in [0, 0.05) is 39.3 Å². The average molecular weight is 339 g/mol. The number of nitrogens with one attached hydrogen (secondary N) is 1. The lowest BCUT2D eigenvalue weighted by molar-refractivity contribution is -0.129. The number of aliphatic imine (C=N–C) groups is 1. The minimum atomic E-state index is -0.600. The Morgan fingerprint density at radius 1 is 1.29 bits per heavy atom. The Balaban J connectivity index is 1.91. The first-order chi connectivity index (χ1) is 11.4. The van der Waals surface area contributed by atoms with Gasteiger partial charge < -0.3 is 20.7 Å². The highest BCUT2D eigenvalue weighted by atomic mass is 16.5. The van der Waals surface area contributed by atoms with Crippen LogP contribution in [0.5, 0.6) is 0 Å². The van der Waals surface area contributed by atoms with Crippen molar-refractivity contribution >= 4 is 11.9 Å². The molecule has 0 radical (unpaired) electrons. The summed E-state index contributed by atoms with van der Waals surface area (Å²) in [5.74, 6) is 0.675. The van der Waals surface area contributed by atoms with Crippen LogP contribution in [0.4, 0.5) is 0 Å². The Labute approximate surface area is 145 Å². The van der Waals surface area contributed by atoms with E-state index in [1.807, 2.05) is 13.8 Å². The lowest BCUT2D eigenvalue weighted by Gasteiger charge is -2.43. The molecule has 2 aliphatic rings. The number of carbonyl (C=O) groups is 1. The lowest BCUT2D eigenvalue weighted by atomic mass is 10.0. The van der Waals surface area contributed by atoms with E-state index in [4.69, 9.17) is 15.5 Å². The van der Waals surface area contributed by atoms with Gasteiger partial charge in [0.1, 0.15) is 0 Å². The Morgan fingerprint density at radius 3 is 2.54 bits per heavy atom. The van der Waals surface area contributed by atoms with E-state index < -0.39 is 5.54 Å². The third kappa shape index (κ3) is 4.83. The second kappa shape index (κ2) is 8.67. The summed E-state index contributed by atoms with van der Waals surface area (Å²) >= 11 is 0. The van der Waals surface area contributed by atoms with Crippen LogP contribution in [0.15, 0.2) is 4.99 Å². The zero-order chi connectivity index (χ0) is 17.6. The maximum absolute atomic E-state index is 11.6. The summed E-state index contributed by atoms with van der Waals surface area (Å²) in [5.41, 5.74) is 4.93. The van der Waals surface area contributed by atoms with E-state index in [1.54, 1.807) is 0 Å². The zero-order valence-electron chi connectivity index (χ0n) is 15.4. The van der Waals surface area contributed by atoms with Crippen molar-refractivity contribution in [1.29, 1.82) is 0 Å². The first kappa shape index (κ1) is 19.0. The molecule has 1 amide bonds. The van der Waals surface area contributed by atoms with Crippen molar-refractivity contribution in [3.8, 4) is 0 Å². The zero-order valence-corrected chi connectivity index (χ0v) is 15.4. The summed E-state index contributed by atoms with van der Waals surface area (Å²) in [6.07, 6.45) is 3.75. The monoisotopic (exact) mass is 339 g/mol. The number of hydrogen-bond acceptors (Lipinski definition) is 4. The first-order valence-corrected chi connectivity index (χ1v) is 9.15. The van der Waals surface area contributed by atoms with E-state index in [9.17, 15) is 4.79 Å². The second-order valence-electron chi connectivity index (χ2n) is 7.08. The quantitative estimate of drug-likeness (QED) is 0.560. The van der Waals surface area contributed by atoms with Crippen LogP contribution in [0, 0.1) is 0 Å². The fourth-order valence-corrected chi connectivity index (χ4v) is 3.20. The van der Waals surface area contributed by atoms with Gasteiger partial charge in [0.15, 0.2) is 5.96 Å². The molecule has 2 rings (SSSR count). The minimum Gasteiger partial charge on any atom is -0.376 e. The number of piperazine rings is 1. The molecule has 24 heavy (non-hydrogen) atoms. The number of nitrogens with two attached hydrogens (primary N) is 1. The number of nitrogens with zero attached hydrogens (tertiary/aromatic N) is 3. The maximum Gasteiger partial charge on any atom is 0.237 e. The molecule has 0 aromatic carbocycles. The van der Waals surface area contributed by atoms with Gasteiger partial charge in [0.25, 0.3) is 0 Å². The number of rotatable bonds is 5. The number of carbonyl (C=O) groups excluding carboxylic acids is 1. The fourth-order valence-electron chi connectivity index (χ4n) is 3.20. The molecular formula is C17H33N5O2. The first-order valence-electron chi connectivity index (χ1n) is 9.15. The van der Waals surface area contributed by atoms with Gasteiger partial charge in [-0.15, -0.1) is 0 Å². The third-order valence-electron chi connectivity index (χ3n) is 5.03. The van der Waals surface area contributed by atoms with Gasteiger partial charge in [-0.25, -0.2) is 0 Å². The van der Waals surface area contributed by atoms with E-state index in [0.29, 0.717) is 0 Å².